The van der Waals surface area contributed by atoms with E-state index in [1.807, 2.05) is 36.4 Å². The summed E-state index contributed by atoms with van der Waals surface area (Å²) in [5.41, 5.74) is 4.35. The Labute approximate surface area is 168 Å². The highest BCUT2D eigenvalue weighted by molar-refractivity contribution is 7.07. The van der Waals surface area contributed by atoms with Crippen LogP contribution in [0.4, 0.5) is 0 Å². The van der Waals surface area contributed by atoms with E-state index in [0.717, 1.165) is 29.0 Å². The number of aromatic nitrogens is 2. The van der Waals surface area contributed by atoms with Crippen LogP contribution in [0.5, 0.6) is 0 Å². The van der Waals surface area contributed by atoms with Gasteiger partial charge in [0.25, 0.3) is 0 Å². The van der Waals surface area contributed by atoms with Crippen molar-refractivity contribution in [3.8, 4) is 5.69 Å². The molecule has 0 saturated heterocycles. The Morgan fingerprint density at radius 2 is 1.89 bits per heavy atom. The molecule has 0 aliphatic rings. The van der Waals surface area contributed by atoms with E-state index in [1.165, 1.54) is 5.56 Å². The minimum absolute atomic E-state index is 0.0643. The third-order valence-corrected chi connectivity index (χ3v) is 5.48. The van der Waals surface area contributed by atoms with Crippen LogP contribution in [0.3, 0.4) is 0 Å². The van der Waals surface area contributed by atoms with Crippen molar-refractivity contribution in [1.29, 1.82) is 0 Å². The number of rotatable bonds is 7. The second-order valence-corrected chi connectivity index (χ2v) is 7.77. The predicted octanol–water partition coefficient (Wildman–Crippen LogP) is 4.77. The molecule has 0 saturated carbocycles. The summed E-state index contributed by atoms with van der Waals surface area (Å²) in [7, 11) is 0. The summed E-state index contributed by atoms with van der Waals surface area (Å²) in [5.74, 6) is 0.974. The number of hydrogen-bond acceptors (Lipinski definition) is 3. The van der Waals surface area contributed by atoms with Gasteiger partial charge in [-0.3, -0.25) is 9.36 Å². The van der Waals surface area contributed by atoms with Gasteiger partial charge in [0.2, 0.25) is 5.91 Å². The number of fused-ring (bicyclic) bond motifs is 1. The molecule has 4 rings (SSSR count). The fourth-order valence-corrected chi connectivity index (χ4v) is 4.18. The number of imidazole rings is 1. The maximum Gasteiger partial charge on any atom is 0.220 e. The Balaban J connectivity index is 1.48. The van der Waals surface area contributed by atoms with Crippen LogP contribution in [-0.2, 0) is 17.6 Å². The number of nitrogens with zero attached hydrogens (tertiary/aromatic N) is 2. The van der Waals surface area contributed by atoms with E-state index in [0.29, 0.717) is 12.8 Å². The Morgan fingerprint density at radius 3 is 2.68 bits per heavy atom. The molecule has 0 spiro atoms. The molecular formula is C23H23N3OS. The Hall–Kier alpha value is -2.92. The smallest absolute Gasteiger partial charge is 0.220 e. The van der Waals surface area contributed by atoms with Gasteiger partial charge in [-0.05, 0) is 60.0 Å². The molecule has 0 aliphatic carbocycles. The van der Waals surface area contributed by atoms with Crippen LogP contribution in [0, 0.1) is 0 Å². The molecule has 2 aromatic carbocycles. The van der Waals surface area contributed by atoms with E-state index in [1.54, 1.807) is 11.3 Å². The van der Waals surface area contributed by atoms with E-state index in [9.17, 15) is 4.79 Å². The van der Waals surface area contributed by atoms with Crippen molar-refractivity contribution in [2.24, 2.45) is 0 Å². The first kappa shape index (κ1) is 18.4. The van der Waals surface area contributed by atoms with E-state index in [-0.39, 0.29) is 11.9 Å². The SMILES string of the molecule is CC(Cc1ccsc1)NC(=O)CCc1nc2ccccc2n1-c1ccccc1. The molecule has 2 aromatic heterocycles. The Morgan fingerprint density at radius 1 is 1.11 bits per heavy atom. The van der Waals surface area contributed by atoms with Crippen molar-refractivity contribution in [2.75, 3.05) is 0 Å². The minimum Gasteiger partial charge on any atom is -0.353 e. The molecule has 142 valence electrons. The topological polar surface area (TPSA) is 46.9 Å². The summed E-state index contributed by atoms with van der Waals surface area (Å²) in [4.78, 5) is 17.3. The minimum atomic E-state index is 0.0643. The fraction of sp³-hybridized carbons (Fsp3) is 0.217. The lowest BCUT2D eigenvalue weighted by Crippen LogP contribution is -2.34. The second kappa shape index (κ2) is 8.40. The average molecular weight is 390 g/mol. The van der Waals surface area contributed by atoms with E-state index >= 15 is 0 Å². The molecule has 5 heteroatoms. The lowest BCUT2D eigenvalue weighted by atomic mass is 10.1. The summed E-state index contributed by atoms with van der Waals surface area (Å²) in [5, 5.41) is 7.31. The lowest BCUT2D eigenvalue weighted by Gasteiger charge is -2.13. The number of benzene rings is 2. The zero-order valence-corrected chi connectivity index (χ0v) is 16.7. The summed E-state index contributed by atoms with van der Waals surface area (Å²) >= 11 is 1.69. The van der Waals surface area contributed by atoms with Gasteiger partial charge in [0.1, 0.15) is 5.82 Å². The van der Waals surface area contributed by atoms with Crippen LogP contribution >= 0.6 is 11.3 Å². The molecule has 0 aliphatic heterocycles. The van der Waals surface area contributed by atoms with Gasteiger partial charge in [-0.2, -0.15) is 11.3 Å². The van der Waals surface area contributed by atoms with Gasteiger partial charge in [0.15, 0.2) is 0 Å². The predicted molar refractivity (Wildman–Crippen MR) is 115 cm³/mol. The quantitative estimate of drug-likeness (QED) is 0.495. The molecule has 28 heavy (non-hydrogen) atoms. The van der Waals surface area contributed by atoms with Crippen LogP contribution in [0.15, 0.2) is 71.4 Å². The summed E-state index contributed by atoms with van der Waals surface area (Å²) in [6, 6.07) is 20.5. The van der Waals surface area contributed by atoms with Crippen molar-refractivity contribution >= 4 is 28.3 Å². The van der Waals surface area contributed by atoms with Crippen molar-refractivity contribution in [3.05, 3.63) is 82.8 Å². The van der Waals surface area contributed by atoms with Crippen LogP contribution < -0.4 is 5.32 Å². The number of aryl methyl sites for hydroxylation is 1. The van der Waals surface area contributed by atoms with Gasteiger partial charge >= 0.3 is 0 Å². The maximum atomic E-state index is 12.5. The van der Waals surface area contributed by atoms with Crippen LogP contribution in [-0.4, -0.2) is 21.5 Å². The van der Waals surface area contributed by atoms with Gasteiger partial charge in [0, 0.05) is 24.6 Å². The Bertz CT molecular complexity index is 1050. The van der Waals surface area contributed by atoms with Crippen molar-refractivity contribution in [2.45, 2.75) is 32.2 Å². The van der Waals surface area contributed by atoms with Crippen molar-refractivity contribution in [1.82, 2.24) is 14.9 Å². The van der Waals surface area contributed by atoms with Crippen molar-refractivity contribution in [3.63, 3.8) is 0 Å². The first-order valence-electron chi connectivity index (χ1n) is 9.53. The highest BCUT2D eigenvalue weighted by Crippen LogP contribution is 2.22. The normalized spacial score (nSPS) is 12.2. The first-order chi connectivity index (χ1) is 13.7. The van der Waals surface area contributed by atoms with Gasteiger partial charge in [-0.25, -0.2) is 4.98 Å². The monoisotopic (exact) mass is 389 g/mol. The average Bonchev–Trinajstić information content (AvgIpc) is 3.34. The molecule has 1 atom stereocenters. The van der Waals surface area contributed by atoms with Crippen LogP contribution in [0.25, 0.3) is 16.7 Å². The Kier molecular flexibility index (Phi) is 5.53. The molecule has 1 amide bonds. The molecule has 0 radical (unpaired) electrons. The largest absolute Gasteiger partial charge is 0.353 e. The molecule has 2 heterocycles. The number of carbonyl (C=O) groups is 1. The van der Waals surface area contributed by atoms with Crippen LogP contribution in [0.1, 0.15) is 24.7 Å². The molecular weight excluding hydrogens is 366 g/mol. The first-order valence-corrected chi connectivity index (χ1v) is 10.5. The maximum absolute atomic E-state index is 12.5. The number of thiophene rings is 1. The third kappa shape index (κ3) is 4.15. The molecule has 4 aromatic rings. The van der Waals surface area contributed by atoms with Gasteiger partial charge in [0.05, 0.1) is 11.0 Å². The molecule has 1 N–H and O–H groups in total. The third-order valence-electron chi connectivity index (χ3n) is 4.75. The van der Waals surface area contributed by atoms with Gasteiger partial charge in [-0.1, -0.05) is 30.3 Å². The molecule has 4 nitrogen and oxygen atoms in total. The molecule has 1 unspecified atom stereocenters. The number of nitrogens with one attached hydrogen (secondary N) is 1. The number of amides is 1. The summed E-state index contributed by atoms with van der Waals surface area (Å²) in [6.07, 6.45) is 1.88. The van der Waals surface area contributed by atoms with E-state index in [4.69, 9.17) is 4.98 Å². The van der Waals surface area contributed by atoms with E-state index < -0.39 is 0 Å². The number of para-hydroxylation sites is 3. The second-order valence-electron chi connectivity index (χ2n) is 6.99. The highest BCUT2D eigenvalue weighted by Gasteiger charge is 2.14. The standard InChI is InChI=1S/C23H23N3OS/c1-17(15-18-13-14-28-16-18)24-23(27)12-11-22-25-20-9-5-6-10-21(20)26(22)19-7-3-2-4-8-19/h2-10,13-14,16-17H,11-12,15H2,1H3,(H,24,27). The molecule has 0 bridgehead atoms. The zero-order valence-electron chi connectivity index (χ0n) is 15.8. The number of hydrogen-bond donors (Lipinski definition) is 1. The highest BCUT2D eigenvalue weighted by atomic mass is 32.1. The van der Waals surface area contributed by atoms with Crippen molar-refractivity contribution < 1.29 is 4.79 Å². The summed E-state index contributed by atoms with van der Waals surface area (Å²) in [6.45, 7) is 2.05. The van der Waals surface area contributed by atoms with Gasteiger partial charge in [-0.15, -0.1) is 0 Å². The van der Waals surface area contributed by atoms with E-state index in [2.05, 4.69) is 51.8 Å². The zero-order chi connectivity index (χ0) is 19.3. The summed E-state index contributed by atoms with van der Waals surface area (Å²) < 4.78 is 2.15. The number of carbonyl (C=O) groups excluding carboxylic acids is 1. The molecule has 0 fully saturated rings. The van der Waals surface area contributed by atoms with Gasteiger partial charge < -0.3 is 5.32 Å². The lowest BCUT2D eigenvalue weighted by molar-refractivity contribution is -0.121. The van der Waals surface area contributed by atoms with Crippen LogP contribution in [0.2, 0.25) is 0 Å². The fourth-order valence-electron chi connectivity index (χ4n) is 3.49.